The van der Waals surface area contributed by atoms with Gasteiger partial charge in [0.2, 0.25) is 10.0 Å². The number of sulfonamides is 1. The zero-order valence-electron chi connectivity index (χ0n) is 12.7. The number of carboxylic acids is 1. The number of terminal acetylenes is 1. The Morgan fingerprint density at radius 1 is 1.35 bits per heavy atom. The third kappa shape index (κ3) is 5.09. The maximum Gasteiger partial charge on any atom is 0.308 e. The molecule has 0 radical (unpaired) electrons. The van der Waals surface area contributed by atoms with Crippen molar-refractivity contribution in [2.75, 3.05) is 6.54 Å². The van der Waals surface area contributed by atoms with Crippen LogP contribution in [0.4, 0.5) is 0 Å². The topological polar surface area (TPSA) is 113 Å². The Hall–Kier alpha value is -2.37. The van der Waals surface area contributed by atoms with Gasteiger partial charge in [0, 0.05) is 11.6 Å². The van der Waals surface area contributed by atoms with E-state index in [9.17, 15) is 18.0 Å². The van der Waals surface area contributed by atoms with Crippen molar-refractivity contribution >= 4 is 21.9 Å². The molecule has 1 aromatic rings. The molecule has 7 nitrogen and oxygen atoms in total. The second kappa shape index (κ2) is 7.76. The lowest BCUT2D eigenvalue weighted by atomic mass is 10.0. The Balaban J connectivity index is 2.94. The molecular weight excluding hydrogens is 320 g/mol. The van der Waals surface area contributed by atoms with Gasteiger partial charge in [-0.25, -0.2) is 8.42 Å². The second-order valence-electron chi connectivity index (χ2n) is 4.95. The molecule has 1 aromatic carbocycles. The van der Waals surface area contributed by atoms with E-state index in [1.165, 1.54) is 31.2 Å². The van der Waals surface area contributed by atoms with Crippen molar-refractivity contribution in [3.8, 4) is 12.3 Å². The lowest BCUT2D eigenvalue weighted by molar-refractivity contribution is -0.141. The summed E-state index contributed by atoms with van der Waals surface area (Å²) in [6.45, 7) is 2.87. The standard InChI is InChI=1S/C15H18N2O5S/c1-4-8-16-23(21,22)13-7-5-6-12(9-13)14(18)17-11(3)10(2)15(19)20/h1,5-7,9-11,16H,8H2,2-3H3,(H,17,18)(H,19,20). The molecule has 0 aromatic heterocycles. The minimum Gasteiger partial charge on any atom is -0.481 e. The zero-order valence-corrected chi connectivity index (χ0v) is 13.6. The van der Waals surface area contributed by atoms with Gasteiger partial charge in [0.25, 0.3) is 5.91 Å². The van der Waals surface area contributed by atoms with Crippen LogP contribution in [-0.4, -0.2) is 38.0 Å². The van der Waals surface area contributed by atoms with Gasteiger partial charge in [0.15, 0.2) is 0 Å². The number of carbonyl (C=O) groups excluding carboxylic acids is 1. The third-order valence-electron chi connectivity index (χ3n) is 3.27. The summed E-state index contributed by atoms with van der Waals surface area (Å²) in [5.41, 5.74) is 0.109. The van der Waals surface area contributed by atoms with Crippen molar-refractivity contribution in [1.82, 2.24) is 10.0 Å². The summed E-state index contributed by atoms with van der Waals surface area (Å²) in [6.07, 6.45) is 5.01. The first kappa shape index (κ1) is 18.7. The summed E-state index contributed by atoms with van der Waals surface area (Å²) in [6, 6.07) is 4.78. The van der Waals surface area contributed by atoms with E-state index >= 15 is 0 Å². The van der Waals surface area contributed by atoms with Crippen molar-refractivity contribution in [2.24, 2.45) is 5.92 Å². The molecule has 0 fully saturated rings. The molecule has 8 heteroatoms. The molecule has 0 bridgehead atoms. The summed E-state index contributed by atoms with van der Waals surface area (Å²) in [7, 11) is -3.80. The Morgan fingerprint density at radius 2 is 2.00 bits per heavy atom. The minimum absolute atomic E-state index is 0.0978. The average Bonchev–Trinajstić information content (AvgIpc) is 2.52. The van der Waals surface area contributed by atoms with Crippen molar-refractivity contribution in [3.05, 3.63) is 29.8 Å². The predicted molar refractivity (Wildman–Crippen MR) is 84.2 cm³/mol. The summed E-state index contributed by atoms with van der Waals surface area (Å²) >= 11 is 0. The molecule has 2 atom stereocenters. The molecular formula is C15H18N2O5S. The van der Waals surface area contributed by atoms with Gasteiger partial charge in [-0.2, -0.15) is 4.72 Å². The zero-order chi connectivity index (χ0) is 17.6. The van der Waals surface area contributed by atoms with Gasteiger partial charge in [0.05, 0.1) is 17.4 Å². The van der Waals surface area contributed by atoms with Crippen molar-refractivity contribution in [1.29, 1.82) is 0 Å². The van der Waals surface area contributed by atoms with E-state index in [1.807, 2.05) is 0 Å². The molecule has 0 spiro atoms. The average molecular weight is 338 g/mol. The molecule has 0 heterocycles. The van der Waals surface area contributed by atoms with E-state index in [2.05, 4.69) is 16.0 Å². The number of hydrogen-bond donors (Lipinski definition) is 3. The lowest BCUT2D eigenvalue weighted by Gasteiger charge is -2.18. The number of carbonyl (C=O) groups is 2. The SMILES string of the molecule is C#CCNS(=O)(=O)c1cccc(C(=O)NC(C)C(C)C(=O)O)c1. The van der Waals surface area contributed by atoms with Gasteiger partial charge >= 0.3 is 5.97 Å². The van der Waals surface area contributed by atoms with Crippen LogP contribution in [0, 0.1) is 18.3 Å². The molecule has 2 unspecified atom stereocenters. The maximum atomic E-state index is 12.1. The molecule has 0 saturated carbocycles. The first-order valence-electron chi connectivity index (χ1n) is 6.76. The van der Waals surface area contributed by atoms with Crippen LogP contribution in [0.15, 0.2) is 29.2 Å². The molecule has 23 heavy (non-hydrogen) atoms. The lowest BCUT2D eigenvalue weighted by Crippen LogP contribution is -2.40. The van der Waals surface area contributed by atoms with E-state index < -0.39 is 33.9 Å². The van der Waals surface area contributed by atoms with Gasteiger partial charge in [-0.05, 0) is 32.0 Å². The molecule has 1 rings (SSSR count). The first-order chi connectivity index (χ1) is 10.7. The summed E-state index contributed by atoms with van der Waals surface area (Å²) in [5.74, 6) is -0.210. The molecule has 124 valence electrons. The molecule has 0 aliphatic rings. The fourth-order valence-electron chi connectivity index (χ4n) is 1.65. The predicted octanol–water partition coefficient (Wildman–Crippen LogP) is 0.437. The molecule has 3 N–H and O–H groups in total. The van der Waals surface area contributed by atoms with E-state index in [4.69, 9.17) is 11.5 Å². The highest BCUT2D eigenvalue weighted by molar-refractivity contribution is 7.89. The highest BCUT2D eigenvalue weighted by atomic mass is 32.2. The van der Waals surface area contributed by atoms with Gasteiger partial charge in [-0.1, -0.05) is 12.0 Å². The summed E-state index contributed by atoms with van der Waals surface area (Å²) < 4.78 is 26.1. The Labute approximate surface area is 135 Å². The Bertz CT molecular complexity index is 736. The minimum atomic E-state index is -3.80. The van der Waals surface area contributed by atoms with E-state index in [-0.39, 0.29) is 17.0 Å². The van der Waals surface area contributed by atoms with Crippen LogP contribution in [-0.2, 0) is 14.8 Å². The molecule has 0 aliphatic heterocycles. The van der Waals surface area contributed by atoms with Crippen molar-refractivity contribution in [2.45, 2.75) is 24.8 Å². The second-order valence-corrected chi connectivity index (χ2v) is 6.71. The summed E-state index contributed by atoms with van der Waals surface area (Å²) in [4.78, 5) is 22.9. The van der Waals surface area contributed by atoms with Crippen LogP contribution in [0.25, 0.3) is 0 Å². The Kier molecular flexibility index (Phi) is 6.30. The van der Waals surface area contributed by atoms with Crippen LogP contribution in [0.5, 0.6) is 0 Å². The van der Waals surface area contributed by atoms with Crippen molar-refractivity contribution < 1.29 is 23.1 Å². The third-order valence-corrected chi connectivity index (χ3v) is 4.67. The highest BCUT2D eigenvalue weighted by Crippen LogP contribution is 2.12. The van der Waals surface area contributed by atoms with E-state index in [0.717, 1.165) is 0 Å². The number of carboxylic acid groups (broad SMARTS) is 1. The Morgan fingerprint density at radius 3 is 2.57 bits per heavy atom. The fourth-order valence-corrected chi connectivity index (χ4v) is 2.63. The van der Waals surface area contributed by atoms with Crippen LogP contribution in [0.3, 0.4) is 0 Å². The smallest absolute Gasteiger partial charge is 0.308 e. The summed E-state index contributed by atoms with van der Waals surface area (Å²) in [5, 5.41) is 11.4. The number of aliphatic carboxylic acids is 1. The van der Waals surface area contributed by atoms with Crippen LogP contribution >= 0.6 is 0 Å². The van der Waals surface area contributed by atoms with Crippen LogP contribution in [0.2, 0.25) is 0 Å². The first-order valence-corrected chi connectivity index (χ1v) is 8.24. The van der Waals surface area contributed by atoms with E-state index in [1.54, 1.807) is 6.92 Å². The number of hydrogen-bond acceptors (Lipinski definition) is 4. The van der Waals surface area contributed by atoms with Gasteiger partial charge in [-0.15, -0.1) is 6.42 Å². The van der Waals surface area contributed by atoms with Gasteiger partial charge in [0.1, 0.15) is 0 Å². The van der Waals surface area contributed by atoms with Crippen LogP contribution in [0.1, 0.15) is 24.2 Å². The number of nitrogens with one attached hydrogen (secondary N) is 2. The van der Waals surface area contributed by atoms with Gasteiger partial charge in [-0.3, -0.25) is 9.59 Å². The normalized spacial score (nSPS) is 13.6. The fraction of sp³-hybridized carbons (Fsp3) is 0.333. The maximum absolute atomic E-state index is 12.1. The molecule has 0 aliphatic carbocycles. The van der Waals surface area contributed by atoms with E-state index in [0.29, 0.717) is 0 Å². The van der Waals surface area contributed by atoms with Crippen molar-refractivity contribution in [3.63, 3.8) is 0 Å². The quantitative estimate of drug-likeness (QED) is 0.624. The number of rotatable bonds is 7. The molecule has 0 saturated heterocycles. The van der Waals surface area contributed by atoms with Gasteiger partial charge < -0.3 is 10.4 Å². The van der Waals surface area contributed by atoms with Crippen LogP contribution < -0.4 is 10.0 Å². The largest absolute Gasteiger partial charge is 0.481 e. The highest BCUT2D eigenvalue weighted by Gasteiger charge is 2.22. The number of amides is 1. The molecule has 1 amide bonds. The monoisotopic (exact) mass is 338 g/mol. The number of benzene rings is 1.